The summed E-state index contributed by atoms with van der Waals surface area (Å²) < 4.78 is 29.5. The Morgan fingerprint density at radius 2 is 1.70 bits per heavy atom. The Kier molecular flexibility index (Phi) is 3.27. The third kappa shape index (κ3) is 2.20. The fourth-order valence-electron chi connectivity index (χ4n) is 1.83. The molecule has 2 heterocycles. The van der Waals surface area contributed by atoms with Gasteiger partial charge in [0.05, 0.1) is 0 Å². The van der Waals surface area contributed by atoms with E-state index in [1.165, 1.54) is 29.1 Å². The van der Waals surface area contributed by atoms with Gasteiger partial charge in [0, 0.05) is 0 Å². The Labute approximate surface area is 121 Å². The van der Waals surface area contributed by atoms with Crippen molar-refractivity contribution in [2.45, 2.75) is 0 Å². The van der Waals surface area contributed by atoms with Crippen molar-refractivity contribution in [2.24, 2.45) is 0 Å². The van der Waals surface area contributed by atoms with Crippen molar-refractivity contribution in [3.05, 3.63) is 59.0 Å². The summed E-state index contributed by atoms with van der Waals surface area (Å²) in [5, 5.41) is 7.59. The summed E-state index contributed by atoms with van der Waals surface area (Å²) >= 11 is 3.24. The lowest BCUT2D eigenvalue weighted by Crippen LogP contribution is -2.03. The van der Waals surface area contributed by atoms with Crippen molar-refractivity contribution in [1.29, 1.82) is 0 Å². The van der Waals surface area contributed by atoms with Crippen LogP contribution in [0.4, 0.5) is 8.78 Å². The van der Waals surface area contributed by atoms with Crippen molar-refractivity contribution in [2.75, 3.05) is 0 Å². The SMILES string of the molecule is Fc1cccc(F)c1-n1cnnc1-c1cccc(Br)n1. The molecule has 3 rings (SSSR count). The third-order valence-electron chi connectivity index (χ3n) is 2.67. The molecular weight excluding hydrogens is 330 g/mol. The molecule has 0 saturated heterocycles. The molecule has 0 radical (unpaired) electrons. The average Bonchev–Trinajstić information content (AvgIpc) is 2.87. The fourth-order valence-corrected chi connectivity index (χ4v) is 2.17. The average molecular weight is 337 g/mol. The highest BCUT2D eigenvalue weighted by atomic mass is 79.9. The number of pyridine rings is 1. The van der Waals surface area contributed by atoms with Crippen molar-refractivity contribution in [3.63, 3.8) is 0 Å². The van der Waals surface area contributed by atoms with Crippen LogP contribution in [0.1, 0.15) is 0 Å². The zero-order valence-electron chi connectivity index (χ0n) is 9.96. The lowest BCUT2D eigenvalue weighted by atomic mass is 10.2. The second-order valence-electron chi connectivity index (χ2n) is 3.94. The first-order valence-corrected chi connectivity index (χ1v) is 6.43. The number of hydrogen-bond acceptors (Lipinski definition) is 3. The highest BCUT2D eigenvalue weighted by molar-refractivity contribution is 9.10. The molecule has 0 aliphatic rings. The van der Waals surface area contributed by atoms with E-state index in [1.54, 1.807) is 18.2 Å². The van der Waals surface area contributed by atoms with Gasteiger partial charge in [0.15, 0.2) is 5.82 Å². The van der Waals surface area contributed by atoms with Gasteiger partial charge in [-0.05, 0) is 40.2 Å². The molecule has 20 heavy (non-hydrogen) atoms. The summed E-state index contributed by atoms with van der Waals surface area (Å²) in [7, 11) is 0. The van der Waals surface area contributed by atoms with E-state index in [-0.39, 0.29) is 11.5 Å². The van der Waals surface area contributed by atoms with Crippen LogP contribution in [-0.2, 0) is 0 Å². The van der Waals surface area contributed by atoms with Crippen LogP contribution in [0.3, 0.4) is 0 Å². The molecule has 0 fully saturated rings. The van der Waals surface area contributed by atoms with Crippen molar-refractivity contribution >= 4 is 15.9 Å². The normalized spacial score (nSPS) is 10.8. The van der Waals surface area contributed by atoms with Gasteiger partial charge in [0.2, 0.25) is 0 Å². The fraction of sp³-hybridized carbons (Fsp3) is 0. The summed E-state index contributed by atoms with van der Waals surface area (Å²) in [6.07, 6.45) is 1.25. The van der Waals surface area contributed by atoms with Crippen molar-refractivity contribution in [1.82, 2.24) is 19.7 Å². The lowest BCUT2D eigenvalue weighted by molar-refractivity contribution is 0.569. The molecule has 0 spiro atoms. The van der Waals surface area contributed by atoms with Crippen molar-refractivity contribution in [3.8, 4) is 17.2 Å². The molecule has 0 saturated carbocycles. The van der Waals surface area contributed by atoms with Gasteiger partial charge in [-0.1, -0.05) is 12.1 Å². The molecule has 1 aromatic carbocycles. The smallest absolute Gasteiger partial charge is 0.187 e. The van der Waals surface area contributed by atoms with E-state index in [0.717, 1.165) is 0 Å². The standard InChI is InChI=1S/C13H7BrF2N4/c14-11-6-2-5-10(18-11)13-19-17-7-20(13)12-8(15)3-1-4-9(12)16/h1-7H. The highest BCUT2D eigenvalue weighted by Gasteiger charge is 2.17. The van der Waals surface area contributed by atoms with E-state index in [1.807, 2.05) is 0 Å². The minimum absolute atomic E-state index is 0.228. The highest BCUT2D eigenvalue weighted by Crippen LogP contribution is 2.24. The van der Waals surface area contributed by atoms with E-state index in [4.69, 9.17) is 0 Å². The first-order chi connectivity index (χ1) is 9.66. The molecule has 100 valence electrons. The maximum Gasteiger partial charge on any atom is 0.187 e. The molecule has 7 heteroatoms. The van der Waals surface area contributed by atoms with Crippen LogP contribution in [0.2, 0.25) is 0 Å². The Morgan fingerprint density at radius 3 is 2.40 bits per heavy atom. The summed E-state index contributed by atoms with van der Waals surface area (Å²) in [6, 6.07) is 8.84. The molecule has 0 amide bonds. The molecule has 4 nitrogen and oxygen atoms in total. The van der Waals surface area contributed by atoms with Gasteiger partial charge in [-0.15, -0.1) is 10.2 Å². The zero-order chi connectivity index (χ0) is 14.1. The Hall–Kier alpha value is -2.15. The van der Waals surface area contributed by atoms with E-state index in [0.29, 0.717) is 10.3 Å². The largest absolute Gasteiger partial charge is 0.274 e. The van der Waals surface area contributed by atoms with Gasteiger partial charge in [-0.25, -0.2) is 13.8 Å². The molecular formula is C13H7BrF2N4. The monoisotopic (exact) mass is 336 g/mol. The third-order valence-corrected chi connectivity index (χ3v) is 3.11. The molecule has 0 bridgehead atoms. The van der Waals surface area contributed by atoms with Gasteiger partial charge in [0.1, 0.15) is 33.9 Å². The molecule has 0 atom stereocenters. The predicted octanol–water partition coefficient (Wildman–Crippen LogP) is 3.37. The van der Waals surface area contributed by atoms with Gasteiger partial charge in [-0.2, -0.15) is 0 Å². The Morgan fingerprint density at radius 1 is 1.00 bits per heavy atom. The van der Waals surface area contributed by atoms with Crippen LogP contribution < -0.4 is 0 Å². The van der Waals surface area contributed by atoms with Crippen LogP contribution >= 0.6 is 15.9 Å². The van der Waals surface area contributed by atoms with E-state index < -0.39 is 11.6 Å². The van der Waals surface area contributed by atoms with Gasteiger partial charge in [-0.3, -0.25) is 4.57 Å². The number of para-hydroxylation sites is 1. The number of benzene rings is 1. The molecule has 0 aliphatic heterocycles. The first kappa shape index (κ1) is 12.9. The Balaban J connectivity index is 2.21. The zero-order valence-corrected chi connectivity index (χ0v) is 11.6. The first-order valence-electron chi connectivity index (χ1n) is 5.64. The maximum atomic E-state index is 13.8. The minimum atomic E-state index is -0.693. The quantitative estimate of drug-likeness (QED) is 0.674. The number of nitrogens with zero attached hydrogens (tertiary/aromatic N) is 4. The molecule has 3 aromatic rings. The molecule has 2 aromatic heterocycles. The van der Waals surface area contributed by atoms with Gasteiger partial charge >= 0.3 is 0 Å². The Bertz CT molecular complexity index is 752. The van der Waals surface area contributed by atoms with Crippen molar-refractivity contribution < 1.29 is 8.78 Å². The summed E-state index contributed by atoms with van der Waals surface area (Å²) in [6.45, 7) is 0. The van der Waals surface area contributed by atoms with E-state index in [2.05, 4.69) is 31.1 Å². The van der Waals surface area contributed by atoms with Crippen LogP contribution in [-0.4, -0.2) is 19.7 Å². The van der Waals surface area contributed by atoms with Crippen LogP contribution in [0.15, 0.2) is 47.3 Å². The predicted molar refractivity (Wildman–Crippen MR) is 72.2 cm³/mol. The minimum Gasteiger partial charge on any atom is -0.274 e. The lowest BCUT2D eigenvalue weighted by Gasteiger charge is -2.08. The molecule has 0 unspecified atom stereocenters. The van der Waals surface area contributed by atoms with E-state index in [9.17, 15) is 8.78 Å². The van der Waals surface area contributed by atoms with Crippen LogP contribution in [0, 0.1) is 11.6 Å². The summed E-state index contributed by atoms with van der Waals surface area (Å²) in [5.41, 5.74) is 0.230. The van der Waals surface area contributed by atoms with Gasteiger partial charge < -0.3 is 0 Å². The number of aromatic nitrogens is 4. The number of halogens is 3. The maximum absolute atomic E-state index is 13.8. The second-order valence-corrected chi connectivity index (χ2v) is 4.75. The van der Waals surface area contributed by atoms with E-state index >= 15 is 0 Å². The summed E-state index contributed by atoms with van der Waals surface area (Å²) in [5.74, 6) is -1.13. The summed E-state index contributed by atoms with van der Waals surface area (Å²) in [4.78, 5) is 4.21. The van der Waals surface area contributed by atoms with Gasteiger partial charge in [0.25, 0.3) is 0 Å². The van der Waals surface area contributed by atoms with Crippen LogP contribution in [0.25, 0.3) is 17.2 Å². The number of hydrogen-bond donors (Lipinski definition) is 0. The molecule has 0 aliphatic carbocycles. The number of rotatable bonds is 2. The topological polar surface area (TPSA) is 43.6 Å². The molecule has 0 N–H and O–H groups in total. The van der Waals surface area contributed by atoms with Crippen LogP contribution in [0.5, 0.6) is 0 Å². The second kappa shape index (κ2) is 5.09.